The molecule has 4 heteroatoms. The van der Waals surface area contributed by atoms with Gasteiger partial charge in [0.25, 0.3) is 0 Å². The highest BCUT2D eigenvalue weighted by Crippen LogP contribution is 2.17. The molecule has 0 aromatic rings. The molecule has 4 nitrogen and oxygen atoms in total. The van der Waals surface area contributed by atoms with Crippen molar-refractivity contribution in [2.45, 2.75) is 52.2 Å². The van der Waals surface area contributed by atoms with Crippen LogP contribution in [0.3, 0.4) is 0 Å². The maximum Gasteiger partial charge on any atom is 0.323 e. The SMILES string of the molecule is CCOC(=O)C1CCCCN1CCOC(C)C. The van der Waals surface area contributed by atoms with Gasteiger partial charge in [-0.1, -0.05) is 6.42 Å². The normalized spacial score (nSPS) is 21.8. The number of esters is 1. The Labute approximate surface area is 104 Å². The molecule has 17 heavy (non-hydrogen) atoms. The first-order valence-electron chi connectivity index (χ1n) is 6.67. The second-order valence-corrected chi connectivity index (χ2v) is 4.72. The smallest absolute Gasteiger partial charge is 0.323 e. The molecule has 0 saturated carbocycles. The molecule has 1 atom stereocenters. The molecule has 1 rings (SSSR count). The van der Waals surface area contributed by atoms with Gasteiger partial charge in [0.15, 0.2) is 0 Å². The second-order valence-electron chi connectivity index (χ2n) is 4.72. The fourth-order valence-electron chi connectivity index (χ4n) is 2.17. The number of ether oxygens (including phenoxy) is 2. The number of rotatable bonds is 6. The molecule has 1 aliphatic heterocycles. The van der Waals surface area contributed by atoms with Crippen LogP contribution in [0.4, 0.5) is 0 Å². The van der Waals surface area contributed by atoms with Crippen molar-refractivity contribution in [2.75, 3.05) is 26.3 Å². The number of carbonyl (C=O) groups excluding carboxylic acids is 1. The van der Waals surface area contributed by atoms with E-state index in [1.165, 1.54) is 0 Å². The molecule has 1 fully saturated rings. The van der Waals surface area contributed by atoms with Crippen LogP contribution < -0.4 is 0 Å². The molecule has 1 heterocycles. The largest absolute Gasteiger partial charge is 0.465 e. The van der Waals surface area contributed by atoms with Gasteiger partial charge in [0.1, 0.15) is 6.04 Å². The monoisotopic (exact) mass is 243 g/mol. The number of hydrogen-bond donors (Lipinski definition) is 0. The first kappa shape index (κ1) is 14.5. The Morgan fingerprint density at radius 3 is 2.82 bits per heavy atom. The quantitative estimate of drug-likeness (QED) is 0.667. The Hall–Kier alpha value is -0.610. The topological polar surface area (TPSA) is 38.8 Å². The summed E-state index contributed by atoms with van der Waals surface area (Å²) in [5.41, 5.74) is 0. The Morgan fingerprint density at radius 1 is 1.41 bits per heavy atom. The zero-order valence-electron chi connectivity index (χ0n) is 11.3. The maximum absolute atomic E-state index is 11.8. The first-order chi connectivity index (χ1) is 8.15. The van der Waals surface area contributed by atoms with Crippen molar-refractivity contribution in [3.05, 3.63) is 0 Å². The molecule has 1 saturated heterocycles. The van der Waals surface area contributed by atoms with Crippen LogP contribution in [-0.4, -0.2) is 49.3 Å². The minimum Gasteiger partial charge on any atom is -0.465 e. The zero-order valence-corrected chi connectivity index (χ0v) is 11.3. The maximum atomic E-state index is 11.8. The average Bonchev–Trinajstić information content (AvgIpc) is 2.29. The van der Waals surface area contributed by atoms with Crippen molar-refractivity contribution >= 4 is 5.97 Å². The Kier molecular flexibility index (Phi) is 6.52. The van der Waals surface area contributed by atoms with Crippen LogP contribution in [0.5, 0.6) is 0 Å². The van der Waals surface area contributed by atoms with E-state index in [1.807, 2.05) is 20.8 Å². The third-order valence-electron chi connectivity index (χ3n) is 3.00. The number of likely N-dealkylation sites (tertiary alicyclic amines) is 1. The summed E-state index contributed by atoms with van der Waals surface area (Å²) >= 11 is 0. The van der Waals surface area contributed by atoms with Gasteiger partial charge in [-0.15, -0.1) is 0 Å². The lowest BCUT2D eigenvalue weighted by Gasteiger charge is -2.33. The van der Waals surface area contributed by atoms with Crippen molar-refractivity contribution in [3.63, 3.8) is 0 Å². The Morgan fingerprint density at radius 2 is 2.18 bits per heavy atom. The summed E-state index contributed by atoms with van der Waals surface area (Å²) in [6, 6.07) is -0.0561. The molecular weight excluding hydrogens is 218 g/mol. The molecule has 100 valence electrons. The highest BCUT2D eigenvalue weighted by molar-refractivity contribution is 5.75. The van der Waals surface area contributed by atoms with Crippen molar-refractivity contribution in [3.8, 4) is 0 Å². The third-order valence-corrected chi connectivity index (χ3v) is 3.00. The Balaban J connectivity index is 2.39. The molecule has 0 spiro atoms. The van der Waals surface area contributed by atoms with Gasteiger partial charge in [0, 0.05) is 6.54 Å². The summed E-state index contributed by atoms with van der Waals surface area (Å²) in [6.45, 7) is 8.86. The first-order valence-corrected chi connectivity index (χ1v) is 6.67. The minimum atomic E-state index is -0.0725. The predicted octanol–water partition coefficient (Wildman–Crippen LogP) is 1.83. The van der Waals surface area contributed by atoms with E-state index >= 15 is 0 Å². The van der Waals surface area contributed by atoms with Crippen LogP contribution in [0.1, 0.15) is 40.0 Å². The number of nitrogens with zero attached hydrogens (tertiary/aromatic N) is 1. The van der Waals surface area contributed by atoms with E-state index in [1.54, 1.807) is 0 Å². The van der Waals surface area contributed by atoms with E-state index in [2.05, 4.69) is 4.90 Å². The van der Waals surface area contributed by atoms with Crippen LogP contribution in [0, 0.1) is 0 Å². The number of piperidine rings is 1. The van der Waals surface area contributed by atoms with E-state index in [0.29, 0.717) is 13.2 Å². The molecule has 1 unspecified atom stereocenters. The van der Waals surface area contributed by atoms with E-state index in [4.69, 9.17) is 9.47 Å². The van der Waals surface area contributed by atoms with E-state index in [0.717, 1.165) is 32.4 Å². The molecular formula is C13H25NO3. The van der Waals surface area contributed by atoms with E-state index < -0.39 is 0 Å². The second kappa shape index (κ2) is 7.67. The van der Waals surface area contributed by atoms with Gasteiger partial charge in [-0.25, -0.2) is 0 Å². The number of carbonyl (C=O) groups is 1. The molecule has 0 aromatic heterocycles. The van der Waals surface area contributed by atoms with Gasteiger partial charge in [-0.2, -0.15) is 0 Å². The van der Waals surface area contributed by atoms with Gasteiger partial charge in [-0.05, 0) is 40.2 Å². The van der Waals surface area contributed by atoms with Crippen molar-refractivity contribution < 1.29 is 14.3 Å². The van der Waals surface area contributed by atoms with E-state index in [9.17, 15) is 4.79 Å². The van der Waals surface area contributed by atoms with Gasteiger partial charge >= 0.3 is 5.97 Å². The molecule has 0 radical (unpaired) electrons. The summed E-state index contributed by atoms with van der Waals surface area (Å²) in [4.78, 5) is 14.0. The van der Waals surface area contributed by atoms with Gasteiger partial charge in [0.05, 0.1) is 19.3 Å². The molecule has 0 N–H and O–H groups in total. The average molecular weight is 243 g/mol. The minimum absolute atomic E-state index is 0.0561. The van der Waals surface area contributed by atoms with E-state index in [-0.39, 0.29) is 18.1 Å². The highest BCUT2D eigenvalue weighted by Gasteiger charge is 2.29. The van der Waals surface area contributed by atoms with Gasteiger partial charge in [0.2, 0.25) is 0 Å². The zero-order chi connectivity index (χ0) is 12.7. The van der Waals surface area contributed by atoms with Crippen molar-refractivity contribution in [1.29, 1.82) is 0 Å². The van der Waals surface area contributed by atoms with Crippen LogP contribution in [0.2, 0.25) is 0 Å². The highest BCUT2D eigenvalue weighted by atomic mass is 16.5. The molecule has 1 aliphatic rings. The summed E-state index contributed by atoms with van der Waals surface area (Å²) in [6.07, 6.45) is 3.45. The lowest BCUT2D eigenvalue weighted by atomic mass is 10.0. The van der Waals surface area contributed by atoms with Gasteiger partial charge < -0.3 is 9.47 Å². The van der Waals surface area contributed by atoms with Crippen LogP contribution in [-0.2, 0) is 14.3 Å². The fourth-order valence-corrected chi connectivity index (χ4v) is 2.17. The van der Waals surface area contributed by atoms with Crippen LogP contribution >= 0.6 is 0 Å². The Bertz CT molecular complexity index is 231. The lowest BCUT2D eigenvalue weighted by Crippen LogP contribution is -2.46. The molecule has 0 amide bonds. The van der Waals surface area contributed by atoms with Crippen molar-refractivity contribution in [2.24, 2.45) is 0 Å². The van der Waals surface area contributed by atoms with Crippen LogP contribution in [0.15, 0.2) is 0 Å². The molecule has 0 aromatic carbocycles. The summed E-state index contributed by atoms with van der Waals surface area (Å²) in [5.74, 6) is -0.0725. The molecule has 0 bridgehead atoms. The standard InChI is InChI=1S/C13H25NO3/c1-4-16-13(15)12-7-5-6-8-14(12)9-10-17-11(2)3/h11-12H,4-10H2,1-3H3. The third kappa shape index (κ3) is 5.04. The van der Waals surface area contributed by atoms with Crippen LogP contribution in [0.25, 0.3) is 0 Å². The van der Waals surface area contributed by atoms with Gasteiger partial charge in [-0.3, -0.25) is 9.69 Å². The fraction of sp³-hybridized carbons (Fsp3) is 0.923. The summed E-state index contributed by atoms with van der Waals surface area (Å²) in [5, 5.41) is 0. The van der Waals surface area contributed by atoms with Crippen molar-refractivity contribution in [1.82, 2.24) is 4.90 Å². The predicted molar refractivity (Wildman–Crippen MR) is 66.9 cm³/mol. The summed E-state index contributed by atoms with van der Waals surface area (Å²) in [7, 11) is 0. The molecule has 0 aliphatic carbocycles. The summed E-state index contributed by atoms with van der Waals surface area (Å²) < 4.78 is 10.7. The lowest BCUT2D eigenvalue weighted by molar-refractivity contribution is -0.151. The number of hydrogen-bond acceptors (Lipinski definition) is 4.